The van der Waals surface area contributed by atoms with E-state index in [1.54, 1.807) is 6.07 Å². The highest BCUT2D eigenvalue weighted by Gasteiger charge is 2.19. The zero-order valence-corrected chi connectivity index (χ0v) is 16.3. The minimum absolute atomic E-state index is 0.255. The van der Waals surface area contributed by atoms with Gasteiger partial charge < -0.3 is 14.2 Å². The minimum atomic E-state index is -0.357. The van der Waals surface area contributed by atoms with E-state index in [9.17, 15) is 4.39 Å². The molecule has 0 atom stereocenters. The van der Waals surface area contributed by atoms with Crippen molar-refractivity contribution in [1.82, 2.24) is 9.47 Å². The number of halogens is 2. The van der Waals surface area contributed by atoms with Crippen LogP contribution in [0.5, 0.6) is 5.75 Å². The SMILES string of the molecule is COc1ccc(/C=C/n2c3c(c4cc(Cl)ccc42)CCN(C)CC3)cc1F. The van der Waals surface area contributed by atoms with Gasteiger partial charge in [-0.2, -0.15) is 0 Å². The van der Waals surface area contributed by atoms with E-state index >= 15 is 0 Å². The van der Waals surface area contributed by atoms with Crippen LogP contribution in [0.3, 0.4) is 0 Å². The normalized spacial score (nSPS) is 15.3. The zero-order chi connectivity index (χ0) is 19.0. The first-order valence-corrected chi connectivity index (χ1v) is 9.46. The Bertz CT molecular complexity index is 1020. The van der Waals surface area contributed by atoms with E-state index in [0.29, 0.717) is 0 Å². The summed E-state index contributed by atoms with van der Waals surface area (Å²) in [5.74, 6) is -0.102. The molecule has 2 heterocycles. The average Bonchev–Trinajstić information content (AvgIpc) is 2.80. The third-order valence-electron chi connectivity index (χ3n) is 5.25. The van der Waals surface area contributed by atoms with Crippen LogP contribution in [-0.4, -0.2) is 36.7 Å². The van der Waals surface area contributed by atoms with Crippen molar-refractivity contribution in [3.05, 3.63) is 64.1 Å². The second-order valence-electron chi connectivity index (χ2n) is 6.97. The first-order chi connectivity index (χ1) is 13.1. The van der Waals surface area contributed by atoms with Crippen molar-refractivity contribution in [1.29, 1.82) is 0 Å². The highest BCUT2D eigenvalue weighted by molar-refractivity contribution is 6.31. The molecule has 0 N–H and O–H groups in total. The van der Waals surface area contributed by atoms with Crippen molar-refractivity contribution < 1.29 is 9.13 Å². The summed E-state index contributed by atoms with van der Waals surface area (Å²) in [5, 5.41) is 1.96. The Balaban J connectivity index is 1.80. The molecule has 0 aliphatic carbocycles. The molecule has 0 saturated heterocycles. The average molecular weight is 385 g/mol. The van der Waals surface area contributed by atoms with Crippen molar-refractivity contribution in [3.63, 3.8) is 0 Å². The van der Waals surface area contributed by atoms with Crippen molar-refractivity contribution >= 4 is 34.8 Å². The van der Waals surface area contributed by atoms with Crippen LogP contribution in [0.1, 0.15) is 16.8 Å². The second kappa shape index (κ2) is 7.37. The second-order valence-corrected chi connectivity index (χ2v) is 7.41. The topological polar surface area (TPSA) is 17.4 Å². The molecule has 0 radical (unpaired) electrons. The lowest BCUT2D eigenvalue weighted by Gasteiger charge is -2.12. The van der Waals surface area contributed by atoms with Gasteiger partial charge in [0.25, 0.3) is 0 Å². The molecule has 27 heavy (non-hydrogen) atoms. The molecule has 1 aromatic heterocycles. The summed E-state index contributed by atoms with van der Waals surface area (Å²) in [6.07, 6.45) is 5.94. The monoisotopic (exact) mass is 384 g/mol. The Morgan fingerprint density at radius 1 is 1.11 bits per heavy atom. The van der Waals surface area contributed by atoms with Crippen molar-refractivity contribution in [2.24, 2.45) is 0 Å². The Kier molecular flexibility index (Phi) is 4.94. The molecular weight excluding hydrogens is 363 g/mol. The number of fused-ring (bicyclic) bond motifs is 3. The zero-order valence-electron chi connectivity index (χ0n) is 15.5. The molecule has 140 valence electrons. The Morgan fingerprint density at radius 3 is 2.70 bits per heavy atom. The predicted molar refractivity (Wildman–Crippen MR) is 110 cm³/mol. The van der Waals surface area contributed by atoms with E-state index in [-0.39, 0.29) is 11.6 Å². The van der Waals surface area contributed by atoms with Gasteiger partial charge in [0.2, 0.25) is 0 Å². The van der Waals surface area contributed by atoms with Gasteiger partial charge in [0, 0.05) is 41.8 Å². The van der Waals surface area contributed by atoms with Gasteiger partial charge in [0.1, 0.15) is 0 Å². The van der Waals surface area contributed by atoms with Gasteiger partial charge >= 0.3 is 0 Å². The van der Waals surface area contributed by atoms with Gasteiger partial charge in [-0.1, -0.05) is 17.7 Å². The number of aromatic nitrogens is 1. The molecule has 0 bridgehead atoms. The highest BCUT2D eigenvalue weighted by atomic mass is 35.5. The van der Waals surface area contributed by atoms with Gasteiger partial charge in [-0.05, 0) is 61.0 Å². The molecule has 5 heteroatoms. The summed E-state index contributed by atoms with van der Waals surface area (Å²) >= 11 is 6.27. The first kappa shape index (κ1) is 18.1. The number of hydrogen-bond donors (Lipinski definition) is 0. The van der Waals surface area contributed by atoms with Crippen LogP contribution in [0.25, 0.3) is 23.2 Å². The van der Waals surface area contributed by atoms with Crippen LogP contribution in [0, 0.1) is 5.82 Å². The molecular formula is C22H22ClFN2O. The molecule has 1 aliphatic heterocycles. The molecule has 0 spiro atoms. The molecule has 1 aliphatic rings. The number of hydrogen-bond acceptors (Lipinski definition) is 2. The highest BCUT2D eigenvalue weighted by Crippen LogP contribution is 2.32. The number of likely N-dealkylation sites (N-methyl/N-ethyl adjacent to an activating group) is 1. The fourth-order valence-electron chi connectivity index (χ4n) is 3.78. The molecule has 0 unspecified atom stereocenters. The summed E-state index contributed by atoms with van der Waals surface area (Å²) in [4.78, 5) is 2.35. The Labute approximate surface area is 163 Å². The van der Waals surface area contributed by atoms with Crippen molar-refractivity contribution in [3.8, 4) is 5.75 Å². The Hall–Kier alpha value is -2.30. The number of rotatable bonds is 3. The maximum Gasteiger partial charge on any atom is 0.165 e. The summed E-state index contributed by atoms with van der Waals surface area (Å²) in [6.45, 7) is 2.05. The molecule has 3 aromatic rings. The van der Waals surface area contributed by atoms with Crippen LogP contribution in [0.4, 0.5) is 4.39 Å². The minimum Gasteiger partial charge on any atom is -0.494 e. The molecule has 3 nitrogen and oxygen atoms in total. The van der Waals surface area contributed by atoms with E-state index in [1.165, 1.54) is 29.8 Å². The number of ether oxygens (including phenoxy) is 1. The maximum atomic E-state index is 14.0. The van der Waals surface area contributed by atoms with E-state index in [1.807, 2.05) is 24.4 Å². The van der Waals surface area contributed by atoms with Gasteiger partial charge in [0.15, 0.2) is 11.6 Å². The number of nitrogens with zero attached hydrogens (tertiary/aromatic N) is 2. The summed E-state index contributed by atoms with van der Waals surface area (Å²) in [6, 6.07) is 11.0. The predicted octanol–water partition coefficient (Wildman–Crippen LogP) is 5.10. The number of methoxy groups -OCH3 is 1. The van der Waals surface area contributed by atoms with Gasteiger partial charge in [-0.25, -0.2) is 4.39 Å². The van der Waals surface area contributed by atoms with Crippen LogP contribution < -0.4 is 4.74 Å². The van der Waals surface area contributed by atoms with E-state index in [2.05, 4.69) is 28.6 Å². The summed E-state index contributed by atoms with van der Waals surface area (Å²) in [5.41, 5.74) is 4.60. The van der Waals surface area contributed by atoms with Crippen LogP contribution in [0.2, 0.25) is 5.02 Å². The fourth-order valence-corrected chi connectivity index (χ4v) is 3.96. The fraction of sp³-hybridized carbons (Fsp3) is 0.273. The molecule has 0 fully saturated rings. The lowest BCUT2D eigenvalue weighted by Crippen LogP contribution is -2.21. The smallest absolute Gasteiger partial charge is 0.165 e. The van der Waals surface area contributed by atoms with E-state index < -0.39 is 0 Å². The third kappa shape index (κ3) is 3.47. The van der Waals surface area contributed by atoms with Crippen molar-refractivity contribution in [2.75, 3.05) is 27.2 Å². The first-order valence-electron chi connectivity index (χ1n) is 9.08. The lowest BCUT2D eigenvalue weighted by molar-refractivity contribution is 0.351. The lowest BCUT2D eigenvalue weighted by atomic mass is 10.1. The molecule has 0 amide bonds. The Morgan fingerprint density at radius 2 is 1.93 bits per heavy atom. The summed E-state index contributed by atoms with van der Waals surface area (Å²) < 4.78 is 21.2. The molecule has 0 saturated carbocycles. The summed E-state index contributed by atoms with van der Waals surface area (Å²) in [7, 11) is 3.62. The van der Waals surface area contributed by atoms with Gasteiger partial charge in [-0.15, -0.1) is 0 Å². The van der Waals surface area contributed by atoms with E-state index in [4.69, 9.17) is 16.3 Å². The molecule has 4 rings (SSSR count). The quantitative estimate of drug-likeness (QED) is 0.625. The largest absolute Gasteiger partial charge is 0.494 e. The van der Waals surface area contributed by atoms with Crippen LogP contribution >= 0.6 is 11.6 Å². The van der Waals surface area contributed by atoms with Crippen LogP contribution in [-0.2, 0) is 12.8 Å². The number of benzene rings is 2. The van der Waals surface area contributed by atoms with Crippen molar-refractivity contribution in [2.45, 2.75) is 12.8 Å². The standard InChI is InChI=1S/C22H22ClFN2O/c1-25-10-8-17-18-14-16(23)4-5-20(18)26(21(17)9-11-25)12-7-15-3-6-22(27-2)19(24)13-15/h3-7,12-14H,8-11H2,1-2H3/b12-7+. The van der Waals surface area contributed by atoms with Gasteiger partial charge in [0.05, 0.1) is 12.6 Å². The van der Waals surface area contributed by atoms with Gasteiger partial charge in [-0.3, -0.25) is 0 Å². The molecule has 2 aromatic carbocycles. The maximum absolute atomic E-state index is 14.0. The van der Waals surface area contributed by atoms with Crippen LogP contribution in [0.15, 0.2) is 36.4 Å². The van der Waals surface area contributed by atoms with E-state index in [0.717, 1.165) is 42.0 Å². The third-order valence-corrected chi connectivity index (χ3v) is 5.48.